The van der Waals surface area contributed by atoms with Crippen molar-refractivity contribution in [1.29, 1.82) is 0 Å². The number of nitrogens with two attached hydrogens (primary N) is 1. The number of aliphatic carboxylic acids is 1. The van der Waals surface area contributed by atoms with E-state index in [1.54, 1.807) is 6.07 Å². The SMILES string of the molecule is NC(=O)CC(C(=O)O)N1CC(Oc2ccc3c(c2C(=O)O)OB(O)CC3)C1. The van der Waals surface area contributed by atoms with Gasteiger partial charge in [0.05, 0.1) is 6.42 Å². The standard InChI is InChI=1S/C16H19BN2O8/c18-12(20)5-10(15(21)22)19-6-9(7-19)26-11-2-1-8-3-4-17(25)27-14(8)13(11)16(23)24/h1-2,9-10,25H,3-7H2,(H2,18,20)(H,21,22)(H,23,24). The normalized spacial score (nSPS) is 18.0. The van der Waals surface area contributed by atoms with E-state index in [-0.39, 0.29) is 36.6 Å². The van der Waals surface area contributed by atoms with Crippen LogP contribution in [0.25, 0.3) is 0 Å². The maximum Gasteiger partial charge on any atom is 0.522 e. The van der Waals surface area contributed by atoms with Crippen LogP contribution in [0.15, 0.2) is 12.1 Å². The predicted octanol–water partition coefficient (Wildman–Crippen LogP) is -0.808. The second-order valence-electron chi connectivity index (χ2n) is 6.56. The summed E-state index contributed by atoms with van der Waals surface area (Å²) >= 11 is 0. The zero-order valence-corrected chi connectivity index (χ0v) is 14.3. The molecule has 0 aliphatic carbocycles. The number of hydrogen-bond acceptors (Lipinski definition) is 7. The first-order valence-electron chi connectivity index (χ1n) is 8.42. The molecule has 1 amide bonds. The summed E-state index contributed by atoms with van der Waals surface area (Å²) < 4.78 is 11.0. The van der Waals surface area contributed by atoms with E-state index < -0.39 is 37.1 Å². The Morgan fingerprint density at radius 3 is 2.63 bits per heavy atom. The number of primary amides is 1. The van der Waals surface area contributed by atoms with Crippen LogP contribution in [0, 0.1) is 0 Å². The Kier molecular flexibility index (Phi) is 5.24. The van der Waals surface area contributed by atoms with Crippen LogP contribution in [0.5, 0.6) is 11.5 Å². The number of fused-ring (bicyclic) bond motifs is 1. The first kappa shape index (κ1) is 19.0. The Balaban J connectivity index is 1.72. The summed E-state index contributed by atoms with van der Waals surface area (Å²) in [5, 5.41) is 28.4. The van der Waals surface area contributed by atoms with Crippen molar-refractivity contribution in [1.82, 2.24) is 4.90 Å². The van der Waals surface area contributed by atoms with Crippen molar-refractivity contribution in [3.05, 3.63) is 23.3 Å². The van der Waals surface area contributed by atoms with Crippen LogP contribution >= 0.6 is 0 Å². The molecule has 1 fully saturated rings. The fourth-order valence-corrected chi connectivity index (χ4v) is 3.26. The molecule has 0 radical (unpaired) electrons. The molecular formula is C16H19BN2O8. The Morgan fingerprint density at radius 2 is 2.04 bits per heavy atom. The molecule has 144 valence electrons. The molecule has 0 bridgehead atoms. The summed E-state index contributed by atoms with van der Waals surface area (Å²) in [7, 11) is -1.07. The molecule has 2 heterocycles. The second kappa shape index (κ2) is 7.45. The number of amides is 1. The fourth-order valence-electron chi connectivity index (χ4n) is 3.26. The number of ether oxygens (including phenoxy) is 1. The Hall–Kier alpha value is -2.79. The van der Waals surface area contributed by atoms with Gasteiger partial charge >= 0.3 is 19.1 Å². The predicted molar refractivity (Wildman–Crippen MR) is 91.7 cm³/mol. The molecule has 2 aliphatic heterocycles. The smallest absolute Gasteiger partial charge is 0.522 e. The lowest BCUT2D eigenvalue weighted by Crippen LogP contribution is -2.60. The molecule has 27 heavy (non-hydrogen) atoms. The van der Waals surface area contributed by atoms with Crippen LogP contribution < -0.4 is 15.1 Å². The van der Waals surface area contributed by atoms with Crippen molar-refractivity contribution in [3.8, 4) is 11.5 Å². The van der Waals surface area contributed by atoms with Gasteiger partial charge in [0, 0.05) is 13.1 Å². The van der Waals surface area contributed by atoms with Gasteiger partial charge in [-0.2, -0.15) is 0 Å². The van der Waals surface area contributed by atoms with Crippen molar-refractivity contribution in [2.45, 2.75) is 31.3 Å². The number of hydrogen-bond donors (Lipinski definition) is 4. The minimum Gasteiger partial charge on any atom is -0.535 e. The molecular weight excluding hydrogens is 359 g/mol. The van der Waals surface area contributed by atoms with Gasteiger partial charge in [-0.25, -0.2) is 4.79 Å². The number of aryl methyl sites for hydroxylation is 1. The highest BCUT2D eigenvalue weighted by Crippen LogP contribution is 2.37. The van der Waals surface area contributed by atoms with Gasteiger partial charge in [-0.1, -0.05) is 6.07 Å². The van der Waals surface area contributed by atoms with E-state index in [1.165, 1.54) is 11.0 Å². The fraction of sp³-hybridized carbons (Fsp3) is 0.438. The third-order valence-electron chi connectivity index (χ3n) is 4.62. The van der Waals surface area contributed by atoms with Gasteiger partial charge in [0.15, 0.2) is 0 Å². The molecule has 1 aromatic rings. The van der Waals surface area contributed by atoms with Crippen molar-refractivity contribution in [2.75, 3.05) is 13.1 Å². The number of aromatic carboxylic acids is 1. The van der Waals surface area contributed by atoms with Gasteiger partial charge in [-0.3, -0.25) is 14.5 Å². The molecule has 1 unspecified atom stereocenters. The monoisotopic (exact) mass is 378 g/mol. The van der Waals surface area contributed by atoms with Crippen LogP contribution in [0.4, 0.5) is 0 Å². The van der Waals surface area contributed by atoms with Crippen LogP contribution in [0.1, 0.15) is 22.3 Å². The number of carbonyl (C=O) groups excluding carboxylic acids is 1. The largest absolute Gasteiger partial charge is 0.535 e. The third kappa shape index (κ3) is 3.98. The Morgan fingerprint density at radius 1 is 1.33 bits per heavy atom. The van der Waals surface area contributed by atoms with E-state index in [4.69, 9.17) is 15.1 Å². The average Bonchev–Trinajstić information content (AvgIpc) is 2.54. The number of carboxylic acids is 2. The van der Waals surface area contributed by atoms with Gasteiger partial charge < -0.3 is 30.4 Å². The molecule has 1 aromatic carbocycles. The molecule has 0 saturated carbocycles. The minimum absolute atomic E-state index is 0.0850. The molecule has 2 aliphatic rings. The lowest BCUT2D eigenvalue weighted by Gasteiger charge is -2.42. The van der Waals surface area contributed by atoms with Gasteiger partial charge in [0.2, 0.25) is 5.91 Å². The summed E-state index contributed by atoms with van der Waals surface area (Å²) in [6.45, 7) is 0.424. The summed E-state index contributed by atoms with van der Waals surface area (Å²) in [5.74, 6) is -2.95. The van der Waals surface area contributed by atoms with E-state index in [9.17, 15) is 29.6 Å². The molecule has 10 nitrogen and oxygen atoms in total. The lowest BCUT2D eigenvalue weighted by molar-refractivity contribution is -0.149. The first-order chi connectivity index (χ1) is 12.8. The van der Waals surface area contributed by atoms with Crippen molar-refractivity contribution in [2.24, 2.45) is 5.73 Å². The zero-order chi connectivity index (χ0) is 19.7. The van der Waals surface area contributed by atoms with Gasteiger partial charge in [0.1, 0.15) is 29.2 Å². The van der Waals surface area contributed by atoms with E-state index in [2.05, 4.69) is 0 Å². The molecule has 11 heteroatoms. The van der Waals surface area contributed by atoms with Crippen LogP contribution in [0.2, 0.25) is 6.32 Å². The summed E-state index contributed by atoms with van der Waals surface area (Å²) in [6.07, 6.45) is 0.110. The van der Waals surface area contributed by atoms with E-state index >= 15 is 0 Å². The van der Waals surface area contributed by atoms with E-state index in [0.29, 0.717) is 18.3 Å². The maximum absolute atomic E-state index is 11.7. The number of benzene rings is 1. The number of carbonyl (C=O) groups is 3. The third-order valence-corrected chi connectivity index (χ3v) is 4.62. The first-order valence-corrected chi connectivity index (χ1v) is 8.42. The van der Waals surface area contributed by atoms with Gasteiger partial charge in [-0.05, 0) is 24.4 Å². The van der Waals surface area contributed by atoms with Crippen LogP contribution in [0.3, 0.4) is 0 Å². The Labute approximate surface area is 154 Å². The van der Waals surface area contributed by atoms with Crippen molar-refractivity contribution in [3.63, 3.8) is 0 Å². The number of rotatable bonds is 7. The van der Waals surface area contributed by atoms with Gasteiger partial charge in [0.25, 0.3) is 0 Å². The average molecular weight is 378 g/mol. The molecule has 1 saturated heterocycles. The van der Waals surface area contributed by atoms with Crippen molar-refractivity contribution >= 4 is 25.0 Å². The van der Waals surface area contributed by atoms with Gasteiger partial charge in [-0.15, -0.1) is 0 Å². The minimum atomic E-state index is -1.25. The summed E-state index contributed by atoms with van der Waals surface area (Å²) in [4.78, 5) is 35.5. The molecule has 1 atom stereocenters. The summed E-state index contributed by atoms with van der Waals surface area (Å²) in [5.41, 5.74) is 5.58. The maximum atomic E-state index is 11.7. The number of carboxylic acid groups (broad SMARTS) is 2. The molecule has 3 rings (SSSR count). The van der Waals surface area contributed by atoms with Crippen molar-refractivity contribution < 1.29 is 39.0 Å². The highest BCUT2D eigenvalue weighted by atomic mass is 16.5. The Bertz CT molecular complexity index is 780. The lowest BCUT2D eigenvalue weighted by atomic mass is 9.78. The molecule has 0 spiro atoms. The van der Waals surface area contributed by atoms with E-state index in [1.807, 2.05) is 0 Å². The van der Waals surface area contributed by atoms with Crippen LogP contribution in [-0.4, -0.2) is 70.3 Å². The van der Waals surface area contributed by atoms with E-state index in [0.717, 1.165) is 0 Å². The molecule has 0 aromatic heterocycles. The summed E-state index contributed by atoms with van der Waals surface area (Å²) in [6, 6.07) is 2.18. The number of nitrogens with zero attached hydrogens (tertiary/aromatic N) is 1. The zero-order valence-electron chi connectivity index (χ0n) is 14.3. The number of likely N-dealkylation sites (tertiary alicyclic amines) is 1. The highest BCUT2D eigenvalue weighted by molar-refractivity contribution is 6.44. The topological polar surface area (TPSA) is 160 Å². The molecule has 5 N–H and O–H groups in total. The van der Waals surface area contributed by atoms with Crippen LogP contribution in [-0.2, 0) is 16.0 Å². The second-order valence-corrected chi connectivity index (χ2v) is 6.56. The quantitative estimate of drug-likeness (QED) is 0.445. The highest BCUT2D eigenvalue weighted by Gasteiger charge is 2.39.